The first-order valence-corrected chi connectivity index (χ1v) is 17.8. The van der Waals surface area contributed by atoms with E-state index in [4.69, 9.17) is 4.98 Å². The van der Waals surface area contributed by atoms with E-state index in [1.165, 1.54) is 58.7 Å². The molecule has 0 amide bonds. The van der Waals surface area contributed by atoms with Crippen LogP contribution in [-0.2, 0) is 0 Å². The monoisotopic (exact) mass is 654 g/mol. The third kappa shape index (κ3) is 4.74. The van der Waals surface area contributed by atoms with E-state index in [0.29, 0.717) is 0 Å². The van der Waals surface area contributed by atoms with Gasteiger partial charge in [0.2, 0.25) is 0 Å². The maximum Gasteiger partial charge on any atom is 0.0716 e. The standard InChI is InChI=1S/C47H30N2S/c1-2-13-31(14-3-1)32-15-10-16-33(27-32)41-29-35(37-22-12-26-46-47(37)40-21-6-9-25-45(40)50-46)30-42(48-41)34-17-11-18-36(28-34)49-43-23-7-4-19-38(43)39-20-5-8-24-44(39)49/h1-30H. The van der Waals surface area contributed by atoms with Crippen molar-refractivity contribution in [2.24, 2.45) is 0 Å². The molecule has 50 heavy (non-hydrogen) atoms. The zero-order valence-electron chi connectivity index (χ0n) is 27.1. The summed E-state index contributed by atoms with van der Waals surface area (Å²) in [7, 11) is 0. The summed E-state index contributed by atoms with van der Waals surface area (Å²) in [4.78, 5) is 5.40. The van der Waals surface area contributed by atoms with Gasteiger partial charge in [-0.3, -0.25) is 0 Å². The van der Waals surface area contributed by atoms with Crippen LogP contribution >= 0.6 is 11.3 Å². The van der Waals surface area contributed by atoms with Crippen molar-refractivity contribution < 1.29 is 0 Å². The summed E-state index contributed by atoms with van der Waals surface area (Å²) < 4.78 is 4.97. The summed E-state index contributed by atoms with van der Waals surface area (Å²) in [5, 5.41) is 5.10. The van der Waals surface area contributed by atoms with E-state index in [9.17, 15) is 0 Å². The van der Waals surface area contributed by atoms with Crippen molar-refractivity contribution in [1.29, 1.82) is 0 Å². The van der Waals surface area contributed by atoms with Crippen molar-refractivity contribution in [1.82, 2.24) is 9.55 Å². The maximum absolute atomic E-state index is 5.40. The van der Waals surface area contributed by atoms with Gasteiger partial charge in [-0.05, 0) is 76.9 Å². The smallest absolute Gasteiger partial charge is 0.0716 e. The average molecular weight is 655 g/mol. The Morgan fingerprint density at radius 1 is 0.380 bits per heavy atom. The molecule has 0 unspecified atom stereocenters. The van der Waals surface area contributed by atoms with Gasteiger partial charge in [-0.25, -0.2) is 4.98 Å². The van der Waals surface area contributed by atoms with Crippen LogP contribution in [0.15, 0.2) is 182 Å². The second-order valence-electron chi connectivity index (χ2n) is 12.8. The van der Waals surface area contributed by atoms with Gasteiger partial charge in [0.15, 0.2) is 0 Å². The van der Waals surface area contributed by atoms with Gasteiger partial charge < -0.3 is 4.57 Å². The second kappa shape index (κ2) is 11.7. The van der Waals surface area contributed by atoms with Crippen molar-refractivity contribution in [2.75, 3.05) is 0 Å². The highest BCUT2D eigenvalue weighted by molar-refractivity contribution is 7.25. The van der Waals surface area contributed by atoms with Gasteiger partial charge in [0, 0.05) is 47.8 Å². The van der Waals surface area contributed by atoms with E-state index in [1.807, 2.05) is 11.3 Å². The predicted octanol–water partition coefficient (Wildman–Crippen LogP) is 13.2. The fraction of sp³-hybridized carbons (Fsp3) is 0. The van der Waals surface area contributed by atoms with Crippen LogP contribution in [0.5, 0.6) is 0 Å². The first-order valence-electron chi connectivity index (χ1n) is 17.0. The first-order chi connectivity index (χ1) is 24.8. The molecule has 10 aromatic rings. The molecule has 0 saturated carbocycles. The molecule has 234 valence electrons. The molecule has 0 saturated heterocycles. The zero-order valence-corrected chi connectivity index (χ0v) is 27.9. The topological polar surface area (TPSA) is 17.8 Å². The first kappa shape index (κ1) is 28.7. The molecule has 10 rings (SSSR count). The van der Waals surface area contributed by atoms with Crippen molar-refractivity contribution in [3.63, 3.8) is 0 Å². The number of rotatable bonds is 5. The van der Waals surface area contributed by atoms with Crippen LogP contribution in [-0.4, -0.2) is 9.55 Å². The normalized spacial score (nSPS) is 11.6. The Labute approximate surface area is 294 Å². The number of hydrogen-bond donors (Lipinski definition) is 0. The van der Waals surface area contributed by atoms with E-state index in [2.05, 4.69) is 187 Å². The fourth-order valence-electron chi connectivity index (χ4n) is 7.49. The lowest BCUT2D eigenvalue weighted by molar-refractivity contribution is 1.18. The van der Waals surface area contributed by atoms with Gasteiger partial charge in [0.1, 0.15) is 0 Å². The number of pyridine rings is 1. The summed E-state index contributed by atoms with van der Waals surface area (Å²) >= 11 is 1.85. The van der Waals surface area contributed by atoms with Gasteiger partial charge in [0.25, 0.3) is 0 Å². The van der Waals surface area contributed by atoms with Crippen LogP contribution in [0.4, 0.5) is 0 Å². The van der Waals surface area contributed by atoms with Gasteiger partial charge in [-0.2, -0.15) is 0 Å². The molecular formula is C47H30N2S. The molecule has 0 N–H and O–H groups in total. The Kier molecular flexibility index (Phi) is 6.71. The van der Waals surface area contributed by atoms with Crippen LogP contribution in [0.1, 0.15) is 0 Å². The van der Waals surface area contributed by atoms with Crippen molar-refractivity contribution in [3.8, 4) is 50.5 Å². The third-order valence-corrected chi connectivity index (χ3v) is 10.9. The average Bonchev–Trinajstić information content (AvgIpc) is 3.74. The number of para-hydroxylation sites is 2. The number of fused-ring (bicyclic) bond motifs is 6. The molecule has 0 atom stereocenters. The van der Waals surface area contributed by atoms with E-state index in [0.717, 1.165) is 33.8 Å². The Balaban J connectivity index is 1.20. The summed E-state index contributed by atoms with van der Waals surface area (Å²) in [5.41, 5.74) is 12.3. The Hall–Kier alpha value is -6.29. The molecule has 3 aromatic heterocycles. The second-order valence-corrected chi connectivity index (χ2v) is 13.9. The van der Waals surface area contributed by atoms with Crippen LogP contribution in [0, 0.1) is 0 Å². The van der Waals surface area contributed by atoms with Crippen LogP contribution < -0.4 is 0 Å². The molecule has 3 heterocycles. The summed E-state index contributed by atoms with van der Waals surface area (Å²) in [6, 6.07) is 65.5. The van der Waals surface area contributed by atoms with Gasteiger partial charge >= 0.3 is 0 Å². The number of aromatic nitrogens is 2. The number of benzene rings is 7. The van der Waals surface area contributed by atoms with Crippen LogP contribution in [0.25, 0.3) is 92.4 Å². The van der Waals surface area contributed by atoms with Crippen molar-refractivity contribution in [3.05, 3.63) is 182 Å². The highest BCUT2D eigenvalue weighted by Crippen LogP contribution is 2.42. The lowest BCUT2D eigenvalue weighted by Crippen LogP contribution is -1.96. The molecule has 0 aliphatic heterocycles. The summed E-state index contributed by atoms with van der Waals surface area (Å²) in [6.07, 6.45) is 0. The van der Waals surface area contributed by atoms with Gasteiger partial charge in [0.05, 0.1) is 22.4 Å². The minimum absolute atomic E-state index is 0.946. The molecule has 0 spiro atoms. The van der Waals surface area contributed by atoms with Crippen molar-refractivity contribution >= 4 is 53.3 Å². The quantitative estimate of drug-likeness (QED) is 0.181. The van der Waals surface area contributed by atoms with E-state index >= 15 is 0 Å². The SMILES string of the molecule is c1ccc(-c2cccc(-c3cc(-c4cccc5sc6ccccc6c45)cc(-c4cccc(-n5c6ccccc6c6ccccc65)c4)n3)c2)cc1. The molecule has 0 fully saturated rings. The number of thiophene rings is 1. The number of nitrogens with zero attached hydrogens (tertiary/aromatic N) is 2. The Bertz CT molecular complexity index is 2820. The highest BCUT2D eigenvalue weighted by Gasteiger charge is 2.16. The van der Waals surface area contributed by atoms with Crippen LogP contribution in [0.2, 0.25) is 0 Å². The number of hydrogen-bond acceptors (Lipinski definition) is 2. The Morgan fingerprint density at radius 3 is 1.70 bits per heavy atom. The molecule has 0 aliphatic rings. The van der Waals surface area contributed by atoms with Crippen molar-refractivity contribution in [2.45, 2.75) is 0 Å². The van der Waals surface area contributed by atoms with E-state index in [1.54, 1.807) is 0 Å². The van der Waals surface area contributed by atoms with Gasteiger partial charge in [-0.15, -0.1) is 11.3 Å². The molecule has 0 radical (unpaired) electrons. The molecule has 3 heteroatoms. The summed E-state index contributed by atoms with van der Waals surface area (Å²) in [5.74, 6) is 0. The molecular weight excluding hydrogens is 625 g/mol. The Morgan fingerprint density at radius 2 is 0.940 bits per heavy atom. The largest absolute Gasteiger partial charge is 0.309 e. The molecule has 0 aliphatic carbocycles. The minimum atomic E-state index is 0.946. The molecule has 2 nitrogen and oxygen atoms in total. The highest BCUT2D eigenvalue weighted by atomic mass is 32.1. The van der Waals surface area contributed by atoms with Gasteiger partial charge in [-0.1, -0.05) is 127 Å². The van der Waals surface area contributed by atoms with E-state index < -0.39 is 0 Å². The molecule has 7 aromatic carbocycles. The van der Waals surface area contributed by atoms with Crippen LogP contribution in [0.3, 0.4) is 0 Å². The fourth-order valence-corrected chi connectivity index (χ4v) is 8.62. The maximum atomic E-state index is 5.40. The molecule has 0 bridgehead atoms. The predicted molar refractivity (Wildman–Crippen MR) is 213 cm³/mol. The van der Waals surface area contributed by atoms with E-state index in [-0.39, 0.29) is 0 Å². The lowest BCUT2D eigenvalue weighted by atomic mass is 9.95. The summed E-state index contributed by atoms with van der Waals surface area (Å²) in [6.45, 7) is 0. The minimum Gasteiger partial charge on any atom is -0.309 e. The zero-order chi connectivity index (χ0) is 33.0. The lowest BCUT2D eigenvalue weighted by Gasteiger charge is -2.14. The third-order valence-electron chi connectivity index (χ3n) is 9.78.